The predicted octanol–water partition coefficient (Wildman–Crippen LogP) is 2.61. The molecule has 0 unspecified atom stereocenters. The fraction of sp³-hybridized carbons (Fsp3) is 0.261. The second kappa shape index (κ2) is 8.42. The van der Waals surface area contributed by atoms with Gasteiger partial charge >= 0.3 is 0 Å². The van der Waals surface area contributed by atoms with Gasteiger partial charge in [0.1, 0.15) is 5.70 Å². The number of amides is 1. The summed E-state index contributed by atoms with van der Waals surface area (Å²) in [6.07, 6.45) is 9.40. The van der Waals surface area contributed by atoms with Crippen LogP contribution in [0.15, 0.2) is 54.9 Å². The molecule has 33 heavy (non-hydrogen) atoms. The monoisotopic (exact) mass is 464 g/mol. The van der Waals surface area contributed by atoms with Gasteiger partial charge in [-0.25, -0.2) is 15.3 Å². The maximum Gasteiger partial charge on any atom is 0.269 e. The maximum absolute atomic E-state index is 12.5. The summed E-state index contributed by atoms with van der Waals surface area (Å²) < 4.78 is 3.70. The molecule has 1 saturated carbocycles. The molecule has 1 fully saturated rings. The van der Waals surface area contributed by atoms with Gasteiger partial charge < -0.3 is 20.5 Å². The minimum Gasteiger partial charge on any atom is -0.393 e. The number of nitrogens with two attached hydrogens (primary N) is 2. The standard InChI is InChI=1S/C23H25ClN8O/c1-14-19(24)5-6-30-13-28-21(22(14)30)10-27-23(33)20(25)12-31(26)11-17-9-18-8-16(15-2-3-15)4-7-32(18)29-17/h4-9,12-13,15H,2-3,10-11,25-26H2,1H3,(H,27,33)/b20-12-. The number of carbonyl (C=O) groups is 1. The largest absolute Gasteiger partial charge is 0.393 e. The lowest BCUT2D eigenvalue weighted by atomic mass is 10.1. The number of rotatable bonds is 7. The van der Waals surface area contributed by atoms with Crippen LogP contribution >= 0.6 is 11.6 Å². The Morgan fingerprint density at radius 1 is 1.33 bits per heavy atom. The van der Waals surface area contributed by atoms with Crippen LogP contribution in [0.4, 0.5) is 0 Å². The summed E-state index contributed by atoms with van der Waals surface area (Å²) in [7, 11) is 0. The number of pyridine rings is 2. The smallest absolute Gasteiger partial charge is 0.269 e. The fourth-order valence-corrected chi connectivity index (χ4v) is 4.13. The van der Waals surface area contributed by atoms with E-state index in [4.69, 9.17) is 23.2 Å². The molecular formula is C23H25ClN8O. The number of hydrogen-bond donors (Lipinski definition) is 3. The van der Waals surface area contributed by atoms with Crippen molar-refractivity contribution in [2.45, 2.75) is 38.8 Å². The Hall–Kier alpha value is -3.56. The first-order valence-electron chi connectivity index (χ1n) is 10.7. The summed E-state index contributed by atoms with van der Waals surface area (Å²) in [5, 5.41) is 9.33. The van der Waals surface area contributed by atoms with Gasteiger partial charge in [0, 0.05) is 23.6 Å². The second-order valence-electron chi connectivity index (χ2n) is 8.41. The van der Waals surface area contributed by atoms with Gasteiger partial charge in [0.05, 0.1) is 41.8 Å². The Morgan fingerprint density at radius 2 is 2.15 bits per heavy atom. The van der Waals surface area contributed by atoms with E-state index in [-0.39, 0.29) is 12.2 Å². The zero-order chi connectivity index (χ0) is 23.1. The highest BCUT2D eigenvalue weighted by atomic mass is 35.5. The molecule has 5 N–H and O–H groups in total. The number of aromatic nitrogens is 4. The average molecular weight is 465 g/mol. The number of halogens is 1. The van der Waals surface area contributed by atoms with Crippen LogP contribution in [0, 0.1) is 6.92 Å². The normalized spacial score (nSPS) is 14.2. The van der Waals surface area contributed by atoms with E-state index in [1.54, 1.807) is 12.4 Å². The molecule has 0 saturated heterocycles. The van der Waals surface area contributed by atoms with Crippen LogP contribution in [0.1, 0.15) is 41.3 Å². The van der Waals surface area contributed by atoms with Crippen molar-refractivity contribution >= 4 is 28.5 Å². The van der Waals surface area contributed by atoms with E-state index in [2.05, 4.69) is 27.5 Å². The summed E-state index contributed by atoms with van der Waals surface area (Å²) in [4.78, 5) is 16.9. The van der Waals surface area contributed by atoms with Gasteiger partial charge in [0.2, 0.25) is 0 Å². The number of fused-ring (bicyclic) bond motifs is 2. The molecule has 4 heterocycles. The molecule has 0 atom stereocenters. The van der Waals surface area contributed by atoms with Crippen LogP contribution < -0.4 is 16.9 Å². The first kappa shape index (κ1) is 21.3. The number of hydrogen-bond acceptors (Lipinski definition) is 6. The predicted molar refractivity (Wildman–Crippen MR) is 126 cm³/mol. The number of carbonyl (C=O) groups excluding carboxylic acids is 1. The van der Waals surface area contributed by atoms with Crippen molar-refractivity contribution in [2.24, 2.45) is 11.6 Å². The van der Waals surface area contributed by atoms with Gasteiger partial charge in [-0.15, -0.1) is 0 Å². The molecule has 1 amide bonds. The molecule has 0 aromatic carbocycles. The second-order valence-corrected chi connectivity index (χ2v) is 8.82. The van der Waals surface area contributed by atoms with Crippen LogP contribution in [0.2, 0.25) is 5.02 Å². The lowest BCUT2D eigenvalue weighted by Crippen LogP contribution is -2.32. The van der Waals surface area contributed by atoms with Crippen molar-refractivity contribution in [1.29, 1.82) is 0 Å². The van der Waals surface area contributed by atoms with Crippen molar-refractivity contribution in [1.82, 2.24) is 29.3 Å². The molecule has 4 aromatic rings. The summed E-state index contributed by atoms with van der Waals surface area (Å²) in [6.45, 7) is 2.44. The first-order chi connectivity index (χ1) is 15.9. The topological polar surface area (TPSA) is 119 Å². The molecular weight excluding hydrogens is 440 g/mol. The van der Waals surface area contributed by atoms with Crippen molar-refractivity contribution in [3.05, 3.63) is 82.4 Å². The highest BCUT2D eigenvalue weighted by molar-refractivity contribution is 6.31. The quantitative estimate of drug-likeness (QED) is 0.220. The minimum absolute atomic E-state index is 0.00412. The Morgan fingerprint density at radius 3 is 2.94 bits per heavy atom. The SMILES string of the molecule is Cc1c(Cl)ccn2cnc(CNC(=O)/C(N)=C/N(N)Cc3cc4cc(C5CC5)ccn4n3)c12. The van der Waals surface area contributed by atoms with Crippen molar-refractivity contribution < 1.29 is 4.79 Å². The molecule has 0 spiro atoms. The highest BCUT2D eigenvalue weighted by Gasteiger charge is 2.23. The Kier molecular flexibility index (Phi) is 5.43. The summed E-state index contributed by atoms with van der Waals surface area (Å²) in [5.74, 6) is 6.32. The van der Waals surface area contributed by atoms with E-state index in [9.17, 15) is 4.79 Å². The average Bonchev–Trinajstić information content (AvgIpc) is 3.43. The maximum atomic E-state index is 12.5. The lowest BCUT2D eigenvalue weighted by molar-refractivity contribution is -0.117. The highest BCUT2D eigenvalue weighted by Crippen LogP contribution is 2.40. The molecule has 0 aliphatic heterocycles. The molecule has 9 nitrogen and oxygen atoms in total. The number of nitrogens with one attached hydrogen (secondary N) is 1. The third-order valence-corrected chi connectivity index (χ3v) is 6.29. The van der Waals surface area contributed by atoms with Crippen LogP contribution in [0.25, 0.3) is 11.0 Å². The van der Waals surface area contributed by atoms with Gasteiger partial charge in [0.25, 0.3) is 5.91 Å². The van der Waals surface area contributed by atoms with Gasteiger partial charge in [-0.3, -0.25) is 4.79 Å². The summed E-state index contributed by atoms with van der Waals surface area (Å²) in [5.41, 5.74) is 11.6. The zero-order valence-electron chi connectivity index (χ0n) is 18.2. The Balaban J connectivity index is 1.22. The third kappa shape index (κ3) is 4.37. The fourth-order valence-electron chi connectivity index (χ4n) is 3.98. The molecule has 1 aliphatic carbocycles. The number of nitrogens with zero attached hydrogens (tertiary/aromatic N) is 5. The minimum atomic E-state index is -0.435. The molecule has 10 heteroatoms. The lowest BCUT2D eigenvalue weighted by Gasteiger charge is -2.13. The number of hydrazine groups is 1. The molecule has 1 aliphatic rings. The van der Waals surface area contributed by atoms with E-state index in [0.29, 0.717) is 23.2 Å². The first-order valence-corrected chi connectivity index (χ1v) is 11.1. The van der Waals surface area contributed by atoms with Gasteiger partial charge in [-0.1, -0.05) is 11.6 Å². The van der Waals surface area contributed by atoms with Crippen molar-refractivity contribution in [3.63, 3.8) is 0 Å². The van der Waals surface area contributed by atoms with Crippen LogP contribution in [0.3, 0.4) is 0 Å². The van der Waals surface area contributed by atoms with E-state index >= 15 is 0 Å². The van der Waals surface area contributed by atoms with E-state index in [1.165, 1.54) is 29.6 Å². The van der Waals surface area contributed by atoms with Gasteiger partial charge in [-0.05, 0) is 61.1 Å². The molecule has 0 radical (unpaired) electrons. The Labute approximate surface area is 195 Å². The molecule has 0 bridgehead atoms. The van der Waals surface area contributed by atoms with Crippen LogP contribution in [0.5, 0.6) is 0 Å². The molecule has 170 valence electrons. The van der Waals surface area contributed by atoms with E-state index in [0.717, 1.165) is 22.3 Å². The molecule has 4 aromatic heterocycles. The number of imidazole rings is 1. The third-order valence-electron chi connectivity index (χ3n) is 5.88. The van der Waals surface area contributed by atoms with E-state index < -0.39 is 5.91 Å². The van der Waals surface area contributed by atoms with Crippen LogP contribution in [-0.2, 0) is 17.9 Å². The van der Waals surface area contributed by atoms with Crippen LogP contribution in [-0.4, -0.2) is 29.9 Å². The summed E-state index contributed by atoms with van der Waals surface area (Å²) in [6, 6.07) is 8.08. The van der Waals surface area contributed by atoms with Gasteiger partial charge in [0.15, 0.2) is 0 Å². The number of aryl methyl sites for hydroxylation is 1. The zero-order valence-corrected chi connectivity index (χ0v) is 19.0. The van der Waals surface area contributed by atoms with E-state index in [1.807, 2.05) is 34.3 Å². The molecule has 5 rings (SSSR count). The van der Waals surface area contributed by atoms with Gasteiger partial charge in [-0.2, -0.15) is 5.10 Å². The van der Waals surface area contributed by atoms with Crippen molar-refractivity contribution in [3.8, 4) is 0 Å². The Bertz CT molecular complexity index is 1380. The van der Waals surface area contributed by atoms with Crippen molar-refractivity contribution in [2.75, 3.05) is 0 Å². The summed E-state index contributed by atoms with van der Waals surface area (Å²) >= 11 is 6.22.